The molecule has 0 aromatic rings. The van der Waals surface area contributed by atoms with E-state index in [1.165, 1.54) is 19.3 Å². The van der Waals surface area contributed by atoms with E-state index in [0.29, 0.717) is 5.92 Å². The molecule has 2 unspecified atom stereocenters. The van der Waals surface area contributed by atoms with E-state index < -0.39 is 0 Å². The van der Waals surface area contributed by atoms with Crippen molar-refractivity contribution in [3.8, 4) is 0 Å². The van der Waals surface area contributed by atoms with Gasteiger partial charge in [-0.05, 0) is 37.5 Å². The number of rotatable bonds is 3. The number of carbonyl (C=O) groups is 1. The van der Waals surface area contributed by atoms with Gasteiger partial charge in [-0.15, -0.1) is 0 Å². The molecule has 2 rings (SSSR count). The Morgan fingerprint density at radius 1 is 1.54 bits per heavy atom. The van der Waals surface area contributed by atoms with Gasteiger partial charge in [0, 0.05) is 0 Å². The molecular weight excluding hydrogens is 162 g/mol. The van der Waals surface area contributed by atoms with Gasteiger partial charge in [-0.1, -0.05) is 19.8 Å². The molecule has 2 fully saturated rings. The van der Waals surface area contributed by atoms with Gasteiger partial charge in [-0.3, -0.25) is 4.79 Å². The molecule has 2 N–H and O–H groups in total. The van der Waals surface area contributed by atoms with Crippen LogP contribution in [0.5, 0.6) is 0 Å². The summed E-state index contributed by atoms with van der Waals surface area (Å²) >= 11 is 0. The molecule has 0 saturated heterocycles. The fourth-order valence-electron chi connectivity index (χ4n) is 3.62. The van der Waals surface area contributed by atoms with Crippen molar-refractivity contribution < 1.29 is 4.79 Å². The minimum absolute atomic E-state index is 0.0263. The van der Waals surface area contributed by atoms with Gasteiger partial charge in [0.15, 0.2) is 0 Å². The molecule has 3 atom stereocenters. The van der Waals surface area contributed by atoms with Crippen molar-refractivity contribution in [3.63, 3.8) is 0 Å². The Labute approximate surface area is 79.9 Å². The second-order valence-corrected chi connectivity index (χ2v) is 4.85. The van der Waals surface area contributed by atoms with Crippen molar-refractivity contribution in [2.24, 2.45) is 23.0 Å². The first-order valence-electron chi connectivity index (χ1n) is 5.49. The van der Waals surface area contributed by atoms with Gasteiger partial charge >= 0.3 is 0 Å². The number of nitrogens with two attached hydrogens (primary N) is 1. The third-order valence-corrected chi connectivity index (χ3v) is 4.16. The number of carbonyl (C=O) groups excluding carboxylic acids is 1. The molecule has 0 heterocycles. The molecule has 1 amide bonds. The van der Waals surface area contributed by atoms with Crippen molar-refractivity contribution in [2.75, 3.05) is 0 Å². The average molecular weight is 181 g/mol. The van der Waals surface area contributed by atoms with E-state index >= 15 is 0 Å². The van der Waals surface area contributed by atoms with Crippen LogP contribution >= 0.6 is 0 Å². The maximum absolute atomic E-state index is 11.5. The first kappa shape index (κ1) is 9.04. The maximum Gasteiger partial charge on any atom is 0.223 e. The van der Waals surface area contributed by atoms with Gasteiger partial charge in [0.05, 0.1) is 5.41 Å². The van der Waals surface area contributed by atoms with Crippen LogP contribution < -0.4 is 5.73 Å². The summed E-state index contributed by atoms with van der Waals surface area (Å²) in [7, 11) is 0. The van der Waals surface area contributed by atoms with Crippen LogP contribution in [0.2, 0.25) is 0 Å². The Morgan fingerprint density at radius 3 is 2.69 bits per heavy atom. The fourth-order valence-corrected chi connectivity index (χ4v) is 3.62. The molecule has 0 aromatic carbocycles. The summed E-state index contributed by atoms with van der Waals surface area (Å²) in [5.41, 5.74) is 5.47. The second-order valence-electron chi connectivity index (χ2n) is 4.85. The summed E-state index contributed by atoms with van der Waals surface area (Å²) < 4.78 is 0. The minimum Gasteiger partial charge on any atom is -0.369 e. The summed E-state index contributed by atoms with van der Waals surface area (Å²) in [4.78, 5) is 11.5. The van der Waals surface area contributed by atoms with Crippen LogP contribution in [0.4, 0.5) is 0 Å². The third-order valence-electron chi connectivity index (χ3n) is 4.16. The SMILES string of the molecule is CCC[C@@]1(C(N)=O)CC2CCC1C2. The van der Waals surface area contributed by atoms with Crippen LogP contribution in [0.15, 0.2) is 0 Å². The molecular formula is C11H19NO. The number of hydrogen-bond acceptors (Lipinski definition) is 1. The highest BCUT2D eigenvalue weighted by Crippen LogP contribution is 2.57. The monoisotopic (exact) mass is 181 g/mol. The zero-order valence-electron chi connectivity index (χ0n) is 8.38. The summed E-state index contributed by atoms with van der Waals surface area (Å²) in [5, 5.41) is 0. The fraction of sp³-hybridized carbons (Fsp3) is 0.909. The molecule has 2 bridgehead atoms. The highest BCUT2D eigenvalue weighted by molar-refractivity contribution is 5.81. The Bertz CT molecular complexity index is 226. The topological polar surface area (TPSA) is 43.1 Å². The number of fused-ring (bicyclic) bond motifs is 2. The highest BCUT2D eigenvalue weighted by atomic mass is 16.1. The van der Waals surface area contributed by atoms with Crippen molar-refractivity contribution in [1.29, 1.82) is 0 Å². The zero-order chi connectivity index (χ0) is 9.47. The third kappa shape index (κ3) is 1.18. The van der Waals surface area contributed by atoms with Crippen LogP contribution in [0.25, 0.3) is 0 Å². The molecule has 74 valence electrons. The molecule has 2 nitrogen and oxygen atoms in total. The molecule has 0 aliphatic heterocycles. The summed E-state index contributed by atoms with van der Waals surface area (Å²) in [6, 6.07) is 0. The van der Waals surface area contributed by atoms with Gasteiger partial charge in [-0.25, -0.2) is 0 Å². The lowest BCUT2D eigenvalue weighted by Gasteiger charge is -2.34. The molecule has 2 aliphatic rings. The van der Waals surface area contributed by atoms with E-state index in [4.69, 9.17) is 5.73 Å². The van der Waals surface area contributed by atoms with Crippen LogP contribution in [0.3, 0.4) is 0 Å². The first-order valence-corrected chi connectivity index (χ1v) is 5.49. The van der Waals surface area contributed by atoms with Crippen LogP contribution in [0.1, 0.15) is 45.4 Å². The van der Waals surface area contributed by atoms with Gasteiger partial charge < -0.3 is 5.73 Å². The van der Waals surface area contributed by atoms with Crippen LogP contribution in [0, 0.1) is 17.3 Å². The summed E-state index contributed by atoms with van der Waals surface area (Å²) in [6.45, 7) is 2.15. The maximum atomic E-state index is 11.5. The molecule has 0 radical (unpaired) electrons. The van der Waals surface area contributed by atoms with E-state index in [1.54, 1.807) is 0 Å². The summed E-state index contributed by atoms with van der Waals surface area (Å²) in [5.74, 6) is 1.40. The van der Waals surface area contributed by atoms with Crippen molar-refractivity contribution in [2.45, 2.75) is 45.4 Å². The molecule has 2 saturated carbocycles. The van der Waals surface area contributed by atoms with E-state index in [-0.39, 0.29) is 11.3 Å². The minimum atomic E-state index is -0.0995. The Morgan fingerprint density at radius 2 is 2.31 bits per heavy atom. The van der Waals surface area contributed by atoms with E-state index in [0.717, 1.165) is 25.2 Å². The Balaban J connectivity index is 2.20. The van der Waals surface area contributed by atoms with Crippen LogP contribution in [-0.2, 0) is 4.79 Å². The number of amides is 1. The standard InChI is InChI=1S/C11H19NO/c1-2-5-11(10(12)13)7-8-3-4-9(11)6-8/h8-9H,2-7H2,1H3,(H2,12,13)/t8?,9?,11-/m1/s1. The molecule has 0 aromatic heterocycles. The van der Waals surface area contributed by atoms with Gasteiger partial charge in [0.2, 0.25) is 5.91 Å². The summed E-state index contributed by atoms with van der Waals surface area (Å²) in [6.07, 6.45) is 7.04. The lowest BCUT2D eigenvalue weighted by Crippen LogP contribution is -2.41. The molecule has 0 spiro atoms. The average Bonchev–Trinajstić information content (AvgIpc) is 2.64. The van der Waals surface area contributed by atoms with E-state index in [9.17, 15) is 4.79 Å². The van der Waals surface area contributed by atoms with Crippen molar-refractivity contribution >= 4 is 5.91 Å². The molecule has 2 aliphatic carbocycles. The largest absolute Gasteiger partial charge is 0.369 e. The Kier molecular flexibility index (Phi) is 2.09. The molecule has 2 heteroatoms. The van der Waals surface area contributed by atoms with Crippen LogP contribution in [-0.4, -0.2) is 5.91 Å². The normalized spacial score (nSPS) is 42.5. The van der Waals surface area contributed by atoms with Crippen molar-refractivity contribution in [1.82, 2.24) is 0 Å². The molecule has 13 heavy (non-hydrogen) atoms. The predicted octanol–water partition coefficient (Wildman–Crippen LogP) is 2.08. The lowest BCUT2D eigenvalue weighted by atomic mass is 9.70. The Hall–Kier alpha value is -0.530. The van der Waals surface area contributed by atoms with Gasteiger partial charge in [0.1, 0.15) is 0 Å². The van der Waals surface area contributed by atoms with Gasteiger partial charge in [-0.2, -0.15) is 0 Å². The van der Waals surface area contributed by atoms with E-state index in [2.05, 4.69) is 6.92 Å². The van der Waals surface area contributed by atoms with Crippen molar-refractivity contribution in [3.05, 3.63) is 0 Å². The zero-order valence-corrected chi connectivity index (χ0v) is 8.38. The van der Waals surface area contributed by atoms with E-state index in [1.807, 2.05) is 0 Å². The highest BCUT2D eigenvalue weighted by Gasteiger charge is 2.53. The second kappa shape index (κ2) is 3.00. The predicted molar refractivity (Wildman–Crippen MR) is 52.0 cm³/mol. The quantitative estimate of drug-likeness (QED) is 0.711. The van der Waals surface area contributed by atoms with Gasteiger partial charge in [0.25, 0.3) is 0 Å². The number of primary amides is 1. The smallest absolute Gasteiger partial charge is 0.223 e. The lowest BCUT2D eigenvalue weighted by molar-refractivity contribution is -0.131. The number of hydrogen-bond donors (Lipinski definition) is 1. The first-order chi connectivity index (χ1) is 6.19.